The summed E-state index contributed by atoms with van der Waals surface area (Å²) < 4.78 is 40.5. The van der Waals surface area contributed by atoms with E-state index >= 15 is 0 Å². The molecule has 0 amide bonds. The van der Waals surface area contributed by atoms with Crippen LogP contribution < -0.4 is 4.74 Å². The SMILES string of the molecule is O=[N+]([O-])c1cc(Cl)ccc1OCC(O)C(F)(F)F. The lowest BCUT2D eigenvalue weighted by molar-refractivity contribution is -0.386. The van der Waals surface area contributed by atoms with Gasteiger partial charge in [-0.05, 0) is 12.1 Å². The highest BCUT2D eigenvalue weighted by Crippen LogP contribution is 2.30. The Morgan fingerprint density at radius 3 is 2.61 bits per heavy atom. The number of rotatable bonds is 4. The minimum atomic E-state index is -4.85. The molecule has 0 spiro atoms. The van der Waals surface area contributed by atoms with Crippen LogP contribution in [0, 0.1) is 10.1 Å². The van der Waals surface area contributed by atoms with E-state index in [-0.39, 0.29) is 5.02 Å². The van der Waals surface area contributed by atoms with Gasteiger partial charge in [0.15, 0.2) is 11.9 Å². The zero-order valence-corrected chi connectivity index (χ0v) is 9.40. The average molecular weight is 286 g/mol. The molecule has 9 heteroatoms. The first-order valence-corrected chi connectivity index (χ1v) is 4.91. The topological polar surface area (TPSA) is 72.6 Å². The predicted octanol–water partition coefficient (Wildman–Crippen LogP) is 2.55. The molecule has 0 aliphatic rings. The minimum absolute atomic E-state index is 0.0467. The third-order valence-electron chi connectivity index (χ3n) is 1.89. The molecule has 1 rings (SSSR count). The molecule has 0 aliphatic carbocycles. The quantitative estimate of drug-likeness (QED) is 0.681. The molecule has 100 valence electrons. The second-order valence-corrected chi connectivity index (χ2v) is 3.67. The van der Waals surface area contributed by atoms with Gasteiger partial charge < -0.3 is 9.84 Å². The maximum Gasteiger partial charge on any atom is 0.417 e. The standard InChI is InChI=1S/C9H7ClF3NO4/c10-5-1-2-7(6(3-5)14(16)17)18-4-8(15)9(11,12)13/h1-3,8,15H,4H2. The molecule has 0 fully saturated rings. The van der Waals surface area contributed by atoms with E-state index in [0.29, 0.717) is 0 Å². The summed E-state index contributed by atoms with van der Waals surface area (Å²) in [7, 11) is 0. The van der Waals surface area contributed by atoms with Gasteiger partial charge in [-0.1, -0.05) is 11.6 Å². The lowest BCUT2D eigenvalue weighted by Gasteiger charge is -2.15. The van der Waals surface area contributed by atoms with Gasteiger partial charge in [-0.15, -0.1) is 0 Å². The molecule has 0 aromatic heterocycles. The van der Waals surface area contributed by atoms with E-state index in [4.69, 9.17) is 16.7 Å². The van der Waals surface area contributed by atoms with E-state index in [1.807, 2.05) is 0 Å². The highest BCUT2D eigenvalue weighted by molar-refractivity contribution is 6.30. The number of benzene rings is 1. The summed E-state index contributed by atoms with van der Waals surface area (Å²) in [5, 5.41) is 19.3. The maximum absolute atomic E-state index is 12.0. The van der Waals surface area contributed by atoms with Crippen molar-refractivity contribution in [3.63, 3.8) is 0 Å². The first-order valence-electron chi connectivity index (χ1n) is 4.53. The van der Waals surface area contributed by atoms with Crippen molar-refractivity contribution in [2.75, 3.05) is 6.61 Å². The predicted molar refractivity (Wildman–Crippen MR) is 55.7 cm³/mol. The van der Waals surface area contributed by atoms with Crippen LogP contribution in [-0.4, -0.2) is 28.9 Å². The number of nitro benzene ring substituents is 1. The molecule has 0 saturated heterocycles. The van der Waals surface area contributed by atoms with E-state index in [2.05, 4.69) is 4.74 Å². The van der Waals surface area contributed by atoms with E-state index < -0.39 is 35.2 Å². The third-order valence-corrected chi connectivity index (χ3v) is 2.13. The summed E-state index contributed by atoms with van der Waals surface area (Å²) in [4.78, 5) is 9.75. The van der Waals surface area contributed by atoms with Crippen molar-refractivity contribution in [3.8, 4) is 5.75 Å². The summed E-state index contributed by atoms with van der Waals surface area (Å²) in [6.07, 6.45) is -7.56. The molecule has 0 radical (unpaired) electrons. The van der Waals surface area contributed by atoms with Gasteiger partial charge in [0, 0.05) is 11.1 Å². The molecule has 18 heavy (non-hydrogen) atoms. The van der Waals surface area contributed by atoms with Crippen LogP contribution in [-0.2, 0) is 0 Å². The number of aliphatic hydroxyl groups excluding tert-OH is 1. The van der Waals surface area contributed by atoms with Crippen molar-refractivity contribution < 1.29 is 27.9 Å². The second kappa shape index (κ2) is 5.40. The number of ether oxygens (including phenoxy) is 1. The summed E-state index contributed by atoms with van der Waals surface area (Å²) in [6, 6.07) is 3.23. The number of aliphatic hydroxyl groups is 1. The molecule has 5 nitrogen and oxygen atoms in total. The van der Waals surface area contributed by atoms with Gasteiger partial charge in [0.1, 0.15) is 6.61 Å². The van der Waals surface area contributed by atoms with Gasteiger partial charge in [-0.25, -0.2) is 0 Å². The van der Waals surface area contributed by atoms with Crippen LogP contribution in [0.5, 0.6) is 5.75 Å². The van der Waals surface area contributed by atoms with E-state index in [9.17, 15) is 23.3 Å². The Labute approximate surface area is 104 Å². The normalized spacial score (nSPS) is 13.2. The lowest BCUT2D eigenvalue weighted by Crippen LogP contribution is -2.34. The lowest BCUT2D eigenvalue weighted by atomic mass is 10.3. The smallest absolute Gasteiger partial charge is 0.417 e. The highest BCUT2D eigenvalue weighted by atomic mass is 35.5. The summed E-state index contributed by atoms with van der Waals surface area (Å²) in [5.74, 6) is -0.396. The number of nitro groups is 1. The molecule has 1 aromatic carbocycles. The molecule has 0 aliphatic heterocycles. The van der Waals surface area contributed by atoms with Crippen molar-refractivity contribution in [1.82, 2.24) is 0 Å². The molecule has 1 atom stereocenters. The molecule has 0 heterocycles. The molecule has 1 unspecified atom stereocenters. The van der Waals surface area contributed by atoms with Crippen molar-refractivity contribution in [2.24, 2.45) is 0 Å². The molecule has 1 aromatic rings. The summed E-state index contributed by atoms with van der Waals surface area (Å²) in [5.41, 5.74) is -0.572. The number of hydrogen-bond donors (Lipinski definition) is 1. The Kier molecular flexibility index (Phi) is 4.36. The fourth-order valence-corrected chi connectivity index (χ4v) is 1.18. The van der Waals surface area contributed by atoms with Crippen molar-refractivity contribution in [2.45, 2.75) is 12.3 Å². The molecular formula is C9H7ClF3NO4. The van der Waals surface area contributed by atoms with Gasteiger partial charge in [0.05, 0.1) is 4.92 Å². The zero-order valence-electron chi connectivity index (χ0n) is 8.65. The first-order chi connectivity index (χ1) is 8.21. The summed E-state index contributed by atoms with van der Waals surface area (Å²) >= 11 is 5.51. The van der Waals surface area contributed by atoms with E-state index in [1.165, 1.54) is 6.07 Å². The Bertz CT molecular complexity index is 452. The largest absolute Gasteiger partial charge is 0.484 e. The van der Waals surface area contributed by atoms with Gasteiger partial charge >= 0.3 is 11.9 Å². The number of alkyl halides is 3. The van der Waals surface area contributed by atoms with E-state index in [0.717, 1.165) is 12.1 Å². The Morgan fingerprint density at radius 2 is 2.11 bits per heavy atom. The zero-order chi connectivity index (χ0) is 13.9. The van der Waals surface area contributed by atoms with Gasteiger partial charge in [-0.2, -0.15) is 13.2 Å². The Balaban J connectivity index is 2.82. The second-order valence-electron chi connectivity index (χ2n) is 3.24. The highest BCUT2D eigenvalue weighted by Gasteiger charge is 2.39. The van der Waals surface area contributed by atoms with Crippen LogP contribution in [0.15, 0.2) is 18.2 Å². The summed E-state index contributed by atoms with van der Waals surface area (Å²) in [6.45, 7) is -1.13. The van der Waals surface area contributed by atoms with Gasteiger partial charge in [0.25, 0.3) is 0 Å². The number of hydrogen-bond acceptors (Lipinski definition) is 4. The van der Waals surface area contributed by atoms with Gasteiger partial charge in [-0.3, -0.25) is 10.1 Å². The van der Waals surface area contributed by atoms with Crippen LogP contribution in [0.3, 0.4) is 0 Å². The van der Waals surface area contributed by atoms with Crippen molar-refractivity contribution in [1.29, 1.82) is 0 Å². The van der Waals surface area contributed by atoms with Crippen molar-refractivity contribution >= 4 is 17.3 Å². The van der Waals surface area contributed by atoms with Crippen LogP contribution >= 0.6 is 11.6 Å². The fraction of sp³-hybridized carbons (Fsp3) is 0.333. The van der Waals surface area contributed by atoms with Crippen LogP contribution in [0.1, 0.15) is 0 Å². The number of halogens is 4. The molecular weight excluding hydrogens is 279 g/mol. The Morgan fingerprint density at radius 1 is 1.50 bits per heavy atom. The average Bonchev–Trinajstić information content (AvgIpc) is 2.25. The third kappa shape index (κ3) is 3.74. The monoisotopic (exact) mass is 285 g/mol. The van der Waals surface area contributed by atoms with E-state index in [1.54, 1.807) is 0 Å². The Hall–Kier alpha value is -1.54. The molecule has 0 saturated carbocycles. The van der Waals surface area contributed by atoms with Crippen LogP contribution in [0.4, 0.5) is 18.9 Å². The number of nitrogens with zero attached hydrogens (tertiary/aromatic N) is 1. The van der Waals surface area contributed by atoms with Crippen LogP contribution in [0.2, 0.25) is 5.02 Å². The molecule has 1 N–H and O–H groups in total. The first kappa shape index (κ1) is 14.5. The van der Waals surface area contributed by atoms with Crippen LogP contribution in [0.25, 0.3) is 0 Å². The maximum atomic E-state index is 12.0. The van der Waals surface area contributed by atoms with Gasteiger partial charge in [0.2, 0.25) is 0 Å². The minimum Gasteiger partial charge on any atom is -0.484 e. The fourth-order valence-electron chi connectivity index (χ4n) is 1.02. The molecule has 0 bridgehead atoms. The van der Waals surface area contributed by atoms with Crippen molar-refractivity contribution in [3.05, 3.63) is 33.3 Å².